The maximum Gasteiger partial charge on any atom is -0.000156 e. The lowest BCUT2D eigenvalue weighted by atomic mass is 9.91. The van der Waals surface area contributed by atoms with Gasteiger partial charge in [-0.2, -0.15) is 0 Å². The summed E-state index contributed by atoms with van der Waals surface area (Å²) in [6.45, 7) is 0. The maximum atomic E-state index is 2.49. The molecule has 0 fully saturated rings. The smallest absolute Gasteiger partial charge is 0.000156 e. The summed E-state index contributed by atoms with van der Waals surface area (Å²) in [5.41, 5.74) is 3.05. The number of alkyl halides is 2. The zero-order chi connectivity index (χ0) is 15.4. The number of hydrogen-bond acceptors (Lipinski definition) is 0. The Hall–Kier alpha value is -0.360. The van der Waals surface area contributed by atoms with E-state index in [4.69, 9.17) is 0 Å². The van der Waals surface area contributed by atoms with Crippen LogP contribution in [0.3, 0.4) is 0 Å². The molecule has 22 heavy (non-hydrogen) atoms. The van der Waals surface area contributed by atoms with Gasteiger partial charge in [-0.1, -0.05) is 87.6 Å². The van der Waals surface area contributed by atoms with Crippen molar-refractivity contribution in [3.8, 4) is 0 Å². The molecule has 0 radical (unpaired) electrons. The van der Waals surface area contributed by atoms with Gasteiger partial charge in [0.15, 0.2) is 0 Å². The number of halogens is 2. The normalized spacial score (nSPS) is 11.4. The first-order chi connectivity index (χ1) is 10.8. The molecular weight excluding hydrogens is 494 g/mol. The molecule has 0 heterocycles. The highest BCUT2D eigenvalue weighted by atomic mass is 127. The quantitative estimate of drug-likeness (QED) is 0.195. The molecule has 0 aliphatic heterocycles. The summed E-state index contributed by atoms with van der Waals surface area (Å²) in [5, 5.41) is 5.76. The minimum Gasteiger partial charge on any atom is -0.0864 e. The number of hydrogen-bond donors (Lipinski definition) is 0. The Morgan fingerprint density at radius 3 is 2.23 bits per heavy atom. The van der Waals surface area contributed by atoms with Crippen LogP contribution >= 0.6 is 45.2 Å². The van der Waals surface area contributed by atoms with Crippen molar-refractivity contribution in [1.82, 2.24) is 0 Å². The minimum atomic E-state index is 1.18. The van der Waals surface area contributed by atoms with E-state index in [1.165, 1.54) is 61.6 Å². The second kappa shape index (κ2) is 7.95. The Bertz CT molecular complexity index is 777. The Balaban J connectivity index is 2.24. The van der Waals surface area contributed by atoms with Crippen molar-refractivity contribution in [2.24, 2.45) is 0 Å². The van der Waals surface area contributed by atoms with E-state index in [0.29, 0.717) is 0 Å². The number of fused-ring (bicyclic) bond motifs is 2. The molecule has 114 valence electrons. The molecule has 3 aromatic rings. The van der Waals surface area contributed by atoms with Gasteiger partial charge >= 0.3 is 0 Å². The molecule has 0 aliphatic carbocycles. The molecule has 0 N–H and O–H groups in total. The van der Waals surface area contributed by atoms with Crippen LogP contribution in [0.4, 0.5) is 0 Å². The summed E-state index contributed by atoms with van der Waals surface area (Å²) < 4.78 is 2.44. The zero-order valence-corrected chi connectivity index (χ0v) is 16.9. The van der Waals surface area contributed by atoms with Crippen molar-refractivity contribution in [2.45, 2.75) is 25.7 Å². The van der Waals surface area contributed by atoms with Gasteiger partial charge in [-0.05, 0) is 73.3 Å². The first-order valence-corrected chi connectivity index (χ1v) is 10.9. The van der Waals surface area contributed by atoms with Crippen molar-refractivity contribution < 1.29 is 0 Å². The lowest BCUT2D eigenvalue weighted by Gasteiger charge is -2.14. The van der Waals surface area contributed by atoms with Gasteiger partial charge in [0.05, 0.1) is 0 Å². The Morgan fingerprint density at radius 1 is 0.682 bits per heavy atom. The van der Waals surface area contributed by atoms with E-state index in [2.05, 4.69) is 93.7 Å². The Morgan fingerprint density at radius 2 is 1.41 bits per heavy atom. The highest BCUT2D eigenvalue weighted by Gasteiger charge is 2.09. The molecule has 0 saturated heterocycles. The molecule has 2 heteroatoms. The Kier molecular flexibility index (Phi) is 5.96. The zero-order valence-electron chi connectivity index (χ0n) is 12.6. The van der Waals surface area contributed by atoms with E-state index in [9.17, 15) is 0 Å². The third-order valence-electron chi connectivity index (χ3n) is 4.25. The average Bonchev–Trinajstić information content (AvgIpc) is 2.57. The van der Waals surface area contributed by atoms with Crippen LogP contribution in [-0.4, -0.2) is 8.86 Å². The predicted molar refractivity (Wildman–Crippen MR) is 116 cm³/mol. The minimum absolute atomic E-state index is 1.18. The van der Waals surface area contributed by atoms with Gasteiger partial charge in [-0.25, -0.2) is 0 Å². The number of benzene rings is 3. The van der Waals surface area contributed by atoms with Gasteiger partial charge in [0, 0.05) is 0 Å². The van der Waals surface area contributed by atoms with E-state index in [1.54, 1.807) is 5.56 Å². The first kappa shape index (κ1) is 16.5. The van der Waals surface area contributed by atoms with Crippen molar-refractivity contribution in [2.75, 3.05) is 8.86 Å². The van der Waals surface area contributed by atoms with E-state index >= 15 is 0 Å². The van der Waals surface area contributed by atoms with Gasteiger partial charge in [0.2, 0.25) is 0 Å². The van der Waals surface area contributed by atoms with Crippen LogP contribution in [0.15, 0.2) is 48.5 Å². The van der Waals surface area contributed by atoms with Crippen LogP contribution in [0.2, 0.25) is 0 Å². The molecule has 0 aliphatic rings. The molecule has 0 atom stereocenters. The molecule has 0 bridgehead atoms. The third kappa shape index (κ3) is 3.42. The van der Waals surface area contributed by atoms with E-state index in [0.717, 1.165) is 0 Å². The first-order valence-electron chi connectivity index (χ1n) is 7.89. The van der Waals surface area contributed by atoms with E-state index in [-0.39, 0.29) is 0 Å². The van der Waals surface area contributed by atoms with Crippen molar-refractivity contribution in [3.05, 3.63) is 59.7 Å². The van der Waals surface area contributed by atoms with Crippen LogP contribution in [0.5, 0.6) is 0 Å². The number of rotatable bonds is 6. The fraction of sp³-hybridized carbons (Fsp3) is 0.300. The van der Waals surface area contributed by atoms with Crippen molar-refractivity contribution in [1.29, 1.82) is 0 Å². The third-order valence-corrected chi connectivity index (χ3v) is 5.77. The average molecular weight is 514 g/mol. The maximum absolute atomic E-state index is 2.49. The highest BCUT2D eigenvalue weighted by Crippen LogP contribution is 2.32. The molecule has 0 unspecified atom stereocenters. The van der Waals surface area contributed by atoms with Crippen LogP contribution in [0.1, 0.15) is 24.0 Å². The summed E-state index contributed by atoms with van der Waals surface area (Å²) in [4.78, 5) is 0. The monoisotopic (exact) mass is 514 g/mol. The van der Waals surface area contributed by atoms with Crippen molar-refractivity contribution in [3.63, 3.8) is 0 Å². The fourth-order valence-electron chi connectivity index (χ4n) is 3.23. The highest BCUT2D eigenvalue weighted by molar-refractivity contribution is 14.1. The summed E-state index contributed by atoms with van der Waals surface area (Å²) in [7, 11) is 0. The standard InChI is InChI=1S/C20H20I2/c21-12-4-8-15-7-3-10-19-18(11-5-13-22)17-9-2-1-6-16(17)14-20(15)19/h1-3,6-7,9-10,14H,4-5,8,11-13H2. The van der Waals surface area contributed by atoms with Crippen LogP contribution < -0.4 is 0 Å². The fourth-order valence-corrected chi connectivity index (χ4v) is 4.00. The lowest BCUT2D eigenvalue weighted by Crippen LogP contribution is -1.95. The predicted octanol–water partition coefficient (Wildman–Crippen LogP) is 6.73. The molecule has 0 nitrogen and oxygen atoms in total. The molecule has 3 rings (SSSR count). The molecule has 0 aromatic heterocycles. The van der Waals surface area contributed by atoms with Crippen LogP contribution in [-0.2, 0) is 12.8 Å². The summed E-state index contributed by atoms with van der Waals surface area (Å²) in [6.07, 6.45) is 4.87. The Labute approximate surface area is 160 Å². The molecular formula is C20H20I2. The number of aryl methyl sites for hydroxylation is 2. The van der Waals surface area contributed by atoms with Crippen molar-refractivity contribution >= 4 is 66.7 Å². The van der Waals surface area contributed by atoms with Gasteiger partial charge < -0.3 is 0 Å². The van der Waals surface area contributed by atoms with Gasteiger partial charge in [-0.15, -0.1) is 0 Å². The van der Waals surface area contributed by atoms with Gasteiger partial charge in [0.1, 0.15) is 0 Å². The SMILES string of the molecule is ICCCc1cccc2c(CCCI)c3ccccc3cc12. The molecule has 0 saturated carbocycles. The van der Waals surface area contributed by atoms with Crippen LogP contribution in [0.25, 0.3) is 21.5 Å². The van der Waals surface area contributed by atoms with Crippen LogP contribution in [0, 0.1) is 0 Å². The second-order valence-corrected chi connectivity index (χ2v) is 7.83. The summed E-state index contributed by atoms with van der Waals surface area (Å²) >= 11 is 4.96. The van der Waals surface area contributed by atoms with Gasteiger partial charge in [-0.3, -0.25) is 0 Å². The summed E-state index contributed by atoms with van der Waals surface area (Å²) in [5.74, 6) is 0. The van der Waals surface area contributed by atoms with E-state index < -0.39 is 0 Å². The molecule has 3 aromatic carbocycles. The largest absolute Gasteiger partial charge is 0.0864 e. The summed E-state index contributed by atoms with van der Waals surface area (Å²) in [6, 6.07) is 18.1. The lowest BCUT2D eigenvalue weighted by molar-refractivity contribution is 0.950. The molecule has 0 spiro atoms. The second-order valence-electron chi connectivity index (χ2n) is 5.67. The topological polar surface area (TPSA) is 0 Å². The van der Waals surface area contributed by atoms with Gasteiger partial charge in [0.25, 0.3) is 0 Å². The molecule has 0 amide bonds. The van der Waals surface area contributed by atoms with E-state index in [1.807, 2.05) is 0 Å².